The van der Waals surface area contributed by atoms with Crippen LogP contribution in [0.4, 0.5) is 4.79 Å². The molecule has 4 amide bonds. The standard InChI is InChI=1S/C32H37N5O6/c1-4-16-35(32(41)33-2)36-20-29(38)37-27(17-22-12-14-25(15-13-22)43-21-30(39)42-3)31(40)34(19-28(36)37)18-24-10-7-9-23-8-5-6-11-26(23)24/h5-15,27-28H,4,16-21H2,1-3H3,(H,33,41)/t27-,28+/m0/s1. The summed E-state index contributed by atoms with van der Waals surface area (Å²) in [6, 6.07) is 20.2. The quantitative estimate of drug-likeness (QED) is 0.363. The average Bonchev–Trinajstić information content (AvgIpc) is 3.35. The highest BCUT2D eigenvalue weighted by Gasteiger charge is 2.52. The molecule has 2 aliphatic heterocycles. The van der Waals surface area contributed by atoms with Gasteiger partial charge >= 0.3 is 12.0 Å². The molecule has 0 saturated carbocycles. The Balaban J connectivity index is 1.46. The molecular formula is C32H37N5O6. The number of amides is 4. The van der Waals surface area contributed by atoms with Crippen LogP contribution >= 0.6 is 0 Å². The molecule has 0 spiro atoms. The number of nitrogens with one attached hydrogen (secondary N) is 1. The number of hydrazine groups is 1. The minimum absolute atomic E-state index is 0.00425. The fourth-order valence-electron chi connectivity index (χ4n) is 5.86. The second-order valence-electron chi connectivity index (χ2n) is 10.6. The van der Waals surface area contributed by atoms with Crippen LogP contribution in [-0.2, 0) is 32.1 Å². The molecule has 0 unspecified atom stereocenters. The summed E-state index contributed by atoms with van der Waals surface area (Å²) in [5.74, 6) is -0.340. The molecular weight excluding hydrogens is 550 g/mol. The van der Waals surface area contributed by atoms with Crippen LogP contribution in [0.15, 0.2) is 66.7 Å². The smallest absolute Gasteiger partial charge is 0.343 e. The van der Waals surface area contributed by atoms with Crippen molar-refractivity contribution in [2.45, 2.75) is 38.5 Å². The Bertz CT molecular complexity index is 1490. The molecule has 2 heterocycles. The third-order valence-electron chi connectivity index (χ3n) is 7.94. The summed E-state index contributed by atoms with van der Waals surface area (Å²) in [5.41, 5.74) is 1.84. The molecule has 0 aliphatic carbocycles. The number of fused-ring (bicyclic) bond motifs is 2. The van der Waals surface area contributed by atoms with Gasteiger partial charge in [-0.3, -0.25) is 14.6 Å². The Kier molecular flexibility index (Phi) is 9.10. The topological polar surface area (TPSA) is 112 Å². The summed E-state index contributed by atoms with van der Waals surface area (Å²) in [4.78, 5) is 55.5. The van der Waals surface area contributed by atoms with E-state index in [1.165, 1.54) is 7.11 Å². The molecule has 0 bridgehead atoms. The molecule has 11 heteroatoms. The van der Waals surface area contributed by atoms with Gasteiger partial charge in [-0.1, -0.05) is 61.5 Å². The van der Waals surface area contributed by atoms with Crippen LogP contribution in [0.1, 0.15) is 24.5 Å². The highest BCUT2D eigenvalue weighted by molar-refractivity contribution is 5.92. The first kappa shape index (κ1) is 29.8. The van der Waals surface area contributed by atoms with Crippen molar-refractivity contribution >= 4 is 34.6 Å². The first-order valence-electron chi connectivity index (χ1n) is 14.5. The zero-order valence-electron chi connectivity index (χ0n) is 24.7. The number of methoxy groups -OCH3 is 1. The minimum atomic E-state index is -0.763. The molecule has 2 atom stereocenters. The van der Waals surface area contributed by atoms with Gasteiger partial charge < -0.3 is 24.6 Å². The van der Waals surface area contributed by atoms with E-state index in [9.17, 15) is 19.2 Å². The van der Waals surface area contributed by atoms with Gasteiger partial charge in [0.25, 0.3) is 0 Å². The number of benzene rings is 3. The molecule has 1 N–H and O–H groups in total. The molecule has 5 rings (SSSR count). The predicted molar refractivity (Wildman–Crippen MR) is 160 cm³/mol. The minimum Gasteiger partial charge on any atom is -0.482 e. The van der Waals surface area contributed by atoms with E-state index < -0.39 is 18.2 Å². The van der Waals surface area contributed by atoms with E-state index in [0.717, 1.165) is 21.9 Å². The van der Waals surface area contributed by atoms with Gasteiger partial charge in [0.05, 0.1) is 20.2 Å². The molecule has 2 saturated heterocycles. The lowest BCUT2D eigenvalue weighted by Crippen LogP contribution is -2.66. The van der Waals surface area contributed by atoms with Gasteiger partial charge in [0.2, 0.25) is 11.8 Å². The van der Waals surface area contributed by atoms with Crippen molar-refractivity contribution in [3.63, 3.8) is 0 Å². The van der Waals surface area contributed by atoms with Crippen molar-refractivity contribution in [3.05, 3.63) is 77.9 Å². The number of carbonyl (C=O) groups is 4. The lowest BCUT2D eigenvalue weighted by molar-refractivity contribution is -0.157. The number of piperazine rings is 1. The summed E-state index contributed by atoms with van der Waals surface area (Å²) >= 11 is 0. The number of hydrogen-bond donors (Lipinski definition) is 1. The molecule has 2 aliphatic rings. The number of hydrogen-bond acceptors (Lipinski definition) is 7. The second-order valence-corrected chi connectivity index (χ2v) is 10.6. The van der Waals surface area contributed by atoms with Crippen molar-refractivity contribution in [1.82, 2.24) is 25.1 Å². The first-order valence-corrected chi connectivity index (χ1v) is 14.5. The predicted octanol–water partition coefficient (Wildman–Crippen LogP) is 2.78. The third kappa shape index (κ3) is 6.26. The number of rotatable bonds is 10. The average molecular weight is 588 g/mol. The van der Waals surface area contributed by atoms with Gasteiger partial charge in [-0.25, -0.2) is 9.59 Å². The van der Waals surface area contributed by atoms with Crippen LogP contribution in [0, 0.1) is 0 Å². The van der Waals surface area contributed by atoms with Gasteiger partial charge in [-0.05, 0) is 40.5 Å². The Hall–Kier alpha value is -4.64. The zero-order valence-corrected chi connectivity index (χ0v) is 24.7. The molecule has 3 aromatic carbocycles. The summed E-state index contributed by atoms with van der Waals surface area (Å²) in [6.07, 6.45) is 0.486. The van der Waals surface area contributed by atoms with Crippen molar-refractivity contribution in [2.75, 3.05) is 40.4 Å². The van der Waals surface area contributed by atoms with E-state index in [0.29, 0.717) is 25.3 Å². The maximum Gasteiger partial charge on any atom is 0.343 e. The van der Waals surface area contributed by atoms with Gasteiger partial charge in [-0.15, -0.1) is 0 Å². The number of esters is 1. The summed E-state index contributed by atoms with van der Waals surface area (Å²) in [6.45, 7) is 2.85. The van der Waals surface area contributed by atoms with E-state index in [1.807, 2.05) is 61.5 Å². The third-order valence-corrected chi connectivity index (χ3v) is 7.94. The summed E-state index contributed by atoms with van der Waals surface area (Å²) in [7, 11) is 2.86. The molecule has 0 aromatic heterocycles. The van der Waals surface area contributed by atoms with E-state index in [-0.39, 0.29) is 44.0 Å². The highest BCUT2D eigenvalue weighted by Crippen LogP contribution is 2.31. The SMILES string of the molecule is CCCN(C(=O)NC)N1CC(=O)N2[C@@H](Cc3ccc(OCC(=O)OC)cc3)C(=O)N(Cc3cccc4ccccc34)C[C@@H]21. The number of urea groups is 1. The van der Waals surface area contributed by atoms with Gasteiger partial charge in [0.1, 0.15) is 18.0 Å². The van der Waals surface area contributed by atoms with Gasteiger partial charge in [0.15, 0.2) is 6.61 Å². The van der Waals surface area contributed by atoms with Crippen LogP contribution in [0.25, 0.3) is 10.8 Å². The van der Waals surface area contributed by atoms with E-state index in [4.69, 9.17) is 4.74 Å². The second kappa shape index (κ2) is 13.1. The van der Waals surface area contributed by atoms with Gasteiger partial charge in [0, 0.05) is 26.6 Å². The summed E-state index contributed by atoms with van der Waals surface area (Å²) < 4.78 is 10.1. The molecule has 11 nitrogen and oxygen atoms in total. The Morgan fingerprint density at radius 3 is 2.49 bits per heavy atom. The molecule has 0 radical (unpaired) electrons. The fourth-order valence-corrected chi connectivity index (χ4v) is 5.86. The van der Waals surface area contributed by atoms with E-state index in [1.54, 1.807) is 39.0 Å². The van der Waals surface area contributed by atoms with Crippen LogP contribution in [0.5, 0.6) is 5.75 Å². The van der Waals surface area contributed by atoms with Crippen LogP contribution in [-0.4, -0.2) is 96.2 Å². The monoisotopic (exact) mass is 587 g/mol. The van der Waals surface area contributed by atoms with Crippen LogP contribution in [0.3, 0.4) is 0 Å². The van der Waals surface area contributed by atoms with Gasteiger partial charge in [-0.2, -0.15) is 5.01 Å². The highest BCUT2D eigenvalue weighted by atomic mass is 16.6. The molecule has 2 fully saturated rings. The van der Waals surface area contributed by atoms with E-state index >= 15 is 0 Å². The van der Waals surface area contributed by atoms with Crippen LogP contribution in [0.2, 0.25) is 0 Å². The molecule has 43 heavy (non-hydrogen) atoms. The van der Waals surface area contributed by atoms with Crippen molar-refractivity contribution < 1.29 is 28.7 Å². The van der Waals surface area contributed by atoms with Crippen molar-refractivity contribution in [2.24, 2.45) is 0 Å². The zero-order chi connectivity index (χ0) is 30.5. The van der Waals surface area contributed by atoms with Crippen molar-refractivity contribution in [3.8, 4) is 5.75 Å². The number of carbonyl (C=O) groups excluding carboxylic acids is 4. The lowest BCUT2D eigenvalue weighted by atomic mass is 9.99. The Morgan fingerprint density at radius 2 is 1.77 bits per heavy atom. The maximum absolute atomic E-state index is 14.2. The van der Waals surface area contributed by atoms with E-state index in [2.05, 4.69) is 10.1 Å². The van der Waals surface area contributed by atoms with Crippen LogP contribution < -0.4 is 10.1 Å². The largest absolute Gasteiger partial charge is 0.482 e. The lowest BCUT2D eigenvalue weighted by Gasteiger charge is -2.46. The number of nitrogens with zero attached hydrogens (tertiary/aromatic N) is 4. The first-order chi connectivity index (χ1) is 20.8. The Morgan fingerprint density at radius 1 is 1.02 bits per heavy atom. The molecule has 3 aromatic rings. The molecule has 226 valence electrons. The van der Waals surface area contributed by atoms with Crippen molar-refractivity contribution in [1.29, 1.82) is 0 Å². The summed E-state index contributed by atoms with van der Waals surface area (Å²) in [5, 5.41) is 8.22. The number of ether oxygens (including phenoxy) is 2. The normalized spacial score (nSPS) is 18.5. The maximum atomic E-state index is 14.2. The fraction of sp³-hybridized carbons (Fsp3) is 0.375. The Labute approximate surface area is 250 Å².